The SMILES string of the molecule is Brc1ccc2c(c1)ncn2CCCc1ccccc1. The Kier molecular flexibility index (Phi) is 3.65. The number of fused-ring (bicyclic) bond motifs is 1. The lowest BCUT2D eigenvalue weighted by Crippen LogP contribution is -1.98. The predicted octanol–water partition coefficient (Wildman–Crippen LogP) is 4.43. The lowest BCUT2D eigenvalue weighted by atomic mass is 10.1. The van der Waals surface area contributed by atoms with Crippen molar-refractivity contribution < 1.29 is 0 Å². The smallest absolute Gasteiger partial charge is 0.0958 e. The van der Waals surface area contributed by atoms with Crippen molar-refractivity contribution in [3.05, 3.63) is 64.9 Å². The third-order valence-electron chi connectivity index (χ3n) is 3.29. The van der Waals surface area contributed by atoms with Crippen molar-refractivity contribution in [3.8, 4) is 0 Å². The molecule has 2 nitrogen and oxygen atoms in total. The highest BCUT2D eigenvalue weighted by atomic mass is 79.9. The average Bonchev–Trinajstić information content (AvgIpc) is 2.82. The van der Waals surface area contributed by atoms with Crippen LogP contribution in [-0.2, 0) is 13.0 Å². The van der Waals surface area contributed by atoms with Crippen LogP contribution in [0, 0.1) is 0 Å². The monoisotopic (exact) mass is 314 g/mol. The van der Waals surface area contributed by atoms with Gasteiger partial charge in [0.05, 0.1) is 17.4 Å². The van der Waals surface area contributed by atoms with Crippen LogP contribution in [0.3, 0.4) is 0 Å². The van der Waals surface area contributed by atoms with Gasteiger partial charge in [0.2, 0.25) is 0 Å². The summed E-state index contributed by atoms with van der Waals surface area (Å²) >= 11 is 3.48. The molecule has 3 rings (SSSR count). The highest BCUT2D eigenvalue weighted by molar-refractivity contribution is 9.10. The maximum atomic E-state index is 4.44. The Hall–Kier alpha value is -1.61. The van der Waals surface area contributed by atoms with Crippen LogP contribution in [0.1, 0.15) is 12.0 Å². The van der Waals surface area contributed by atoms with E-state index in [9.17, 15) is 0 Å². The van der Waals surface area contributed by atoms with Crippen molar-refractivity contribution in [3.63, 3.8) is 0 Å². The maximum absolute atomic E-state index is 4.44. The van der Waals surface area contributed by atoms with E-state index in [4.69, 9.17) is 0 Å². The second-order valence-corrected chi connectivity index (χ2v) is 5.58. The Morgan fingerprint density at radius 1 is 1.05 bits per heavy atom. The van der Waals surface area contributed by atoms with Crippen LogP contribution in [0.5, 0.6) is 0 Å². The second kappa shape index (κ2) is 5.57. The first-order valence-electron chi connectivity index (χ1n) is 6.47. The van der Waals surface area contributed by atoms with Gasteiger partial charge in [-0.25, -0.2) is 4.98 Å². The normalized spacial score (nSPS) is 11.0. The molecule has 1 aromatic heterocycles. The molecule has 2 aromatic carbocycles. The molecule has 0 unspecified atom stereocenters. The Labute approximate surface area is 121 Å². The fraction of sp³-hybridized carbons (Fsp3) is 0.188. The summed E-state index contributed by atoms with van der Waals surface area (Å²) in [6, 6.07) is 16.9. The van der Waals surface area contributed by atoms with Gasteiger partial charge in [-0.3, -0.25) is 0 Å². The number of hydrogen-bond acceptors (Lipinski definition) is 1. The van der Waals surface area contributed by atoms with Gasteiger partial charge in [0.1, 0.15) is 0 Å². The largest absolute Gasteiger partial charge is 0.331 e. The van der Waals surface area contributed by atoms with Crippen molar-refractivity contribution in [2.24, 2.45) is 0 Å². The van der Waals surface area contributed by atoms with Crippen LogP contribution in [0.25, 0.3) is 11.0 Å². The van der Waals surface area contributed by atoms with E-state index in [1.54, 1.807) is 0 Å². The molecule has 19 heavy (non-hydrogen) atoms. The molecule has 0 saturated carbocycles. The molecule has 0 aliphatic heterocycles. The predicted molar refractivity (Wildman–Crippen MR) is 82.2 cm³/mol. The van der Waals surface area contributed by atoms with Gasteiger partial charge in [0.15, 0.2) is 0 Å². The standard InChI is InChI=1S/C16H15BrN2/c17-14-8-9-16-15(11-14)18-12-19(16)10-4-7-13-5-2-1-3-6-13/h1-3,5-6,8-9,11-12H,4,7,10H2. The van der Waals surface area contributed by atoms with E-state index in [1.165, 1.54) is 11.1 Å². The number of rotatable bonds is 4. The third kappa shape index (κ3) is 2.87. The van der Waals surface area contributed by atoms with Crippen molar-refractivity contribution in [2.45, 2.75) is 19.4 Å². The van der Waals surface area contributed by atoms with Gasteiger partial charge in [-0.2, -0.15) is 0 Å². The van der Waals surface area contributed by atoms with E-state index < -0.39 is 0 Å². The minimum atomic E-state index is 1.01. The highest BCUT2D eigenvalue weighted by Gasteiger charge is 2.02. The van der Waals surface area contributed by atoms with E-state index in [0.29, 0.717) is 0 Å². The molecule has 3 heteroatoms. The van der Waals surface area contributed by atoms with E-state index >= 15 is 0 Å². The van der Waals surface area contributed by atoms with Crippen LogP contribution in [0.2, 0.25) is 0 Å². The van der Waals surface area contributed by atoms with Gasteiger partial charge in [0, 0.05) is 11.0 Å². The molecule has 0 aliphatic rings. The first kappa shape index (κ1) is 12.4. The molecule has 96 valence electrons. The minimum Gasteiger partial charge on any atom is -0.331 e. The zero-order chi connectivity index (χ0) is 13.1. The number of aromatic nitrogens is 2. The molecule has 3 aromatic rings. The Morgan fingerprint density at radius 3 is 2.74 bits per heavy atom. The number of nitrogens with zero attached hydrogens (tertiary/aromatic N) is 2. The lowest BCUT2D eigenvalue weighted by Gasteiger charge is -2.04. The molecule has 0 spiro atoms. The zero-order valence-electron chi connectivity index (χ0n) is 10.6. The summed E-state index contributed by atoms with van der Waals surface area (Å²) in [5.41, 5.74) is 3.65. The van der Waals surface area contributed by atoms with Crippen LogP contribution >= 0.6 is 15.9 Å². The van der Waals surface area contributed by atoms with Crippen molar-refractivity contribution in [1.82, 2.24) is 9.55 Å². The molecule has 0 N–H and O–H groups in total. The Balaban J connectivity index is 1.69. The zero-order valence-corrected chi connectivity index (χ0v) is 12.2. The molecular formula is C16H15BrN2. The quantitative estimate of drug-likeness (QED) is 0.696. The van der Waals surface area contributed by atoms with Crippen molar-refractivity contribution in [1.29, 1.82) is 0 Å². The molecule has 0 atom stereocenters. The van der Waals surface area contributed by atoms with E-state index in [2.05, 4.69) is 74.0 Å². The lowest BCUT2D eigenvalue weighted by molar-refractivity contribution is 0.657. The first-order chi connectivity index (χ1) is 9.33. The van der Waals surface area contributed by atoms with Crippen molar-refractivity contribution in [2.75, 3.05) is 0 Å². The fourth-order valence-electron chi connectivity index (χ4n) is 2.31. The summed E-state index contributed by atoms with van der Waals surface area (Å²) in [4.78, 5) is 4.44. The average molecular weight is 315 g/mol. The molecule has 0 saturated heterocycles. The number of benzene rings is 2. The molecule has 0 fully saturated rings. The highest BCUT2D eigenvalue weighted by Crippen LogP contribution is 2.19. The molecular weight excluding hydrogens is 300 g/mol. The summed E-state index contributed by atoms with van der Waals surface area (Å²) in [6.45, 7) is 1.01. The Morgan fingerprint density at radius 2 is 1.89 bits per heavy atom. The number of hydrogen-bond donors (Lipinski definition) is 0. The maximum Gasteiger partial charge on any atom is 0.0958 e. The van der Waals surface area contributed by atoms with E-state index in [1.807, 2.05) is 6.33 Å². The molecule has 0 bridgehead atoms. The molecule has 1 heterocycles. The molecule has 0 aliphatic carbocycles. The minimum absolute atomic E-state index is 1.01. The summed E-state index contributed by atoms with van der Waals surface area (Å²) < 4.78 is 3.31. The van der Waals surface area contributed by atoms with Crippen LogP contribution in [-0.4, -0.2) is 9.55 Å². The fourth-order valence-corrected chi connectivity index (χ4v) is 2.66. The van der Waals surface area contributed by atoms with Crippen molar-refractivity contribution >= 4 is 27.0 Å². The van der Waals surface area contributed by atoms with E-state index in [0.717, 1.165) is 29.4 Å². The van der Waals surface area contributed by atoms with Gasteiger partial charge in [-0.05, 0) is 36.6 Å². The Bertz CT molecular complexity index is 674. The summed E-state index contributed by atoms with van der Waals surface area (Å²) in [6.07, 6.45) is 4.17. The molecule has 0 radical (unpaired) electrons. The number of halogens is 1. The van der Waals surface area contributed by atoms with Gasteiger partial charge in [-0.15, -0.1) is 0 Å². The van der Waals surface area contributed by atoms with Crippen LogP contribution in [0.4, 0.5) is 0 Å². The summed E-state index contributed by atoms with van der Waals surface area (Å²) in [5.74, 6) is 0. The summed E-state index contributed by atoms with van der Waals surface area (Å²) in [5, 5.41) is 0. The summed E-state index contributed by atoms with van der Waals surface area (Å²) in [7, 11) is 0. The van der Waals surface area contributed by atoms with Gasteiger partial charge >= 0.3 is 0 Å². The van der Waals surface area contributed by atoms with Gasteiger partial charge in [0.25, 0.3) is 0 Å². The van der Waals surface area contributed by atoms with E-state index in [-0.39, 0.29) is 0 Å². The number of imidazole rings is 1. The third-order valence-corrected chi connectivity index (χ3v) is 3.78. The van der Waals surface area contributed by atoms with Gasteiger partial charge in [-0.1, -0.05) is 46.3 Å². The van der Waals surface area contributed by atoms with Crippen LogP contribution in [0.15, 0.2) is 59.3 Å². The first-order valence-corrected chi connectivity index (χ1v) is 7.26. The topological polar surface area (TPSA) is 17.8 Å². The van der Waals surface area contributed by atoms with Gasteiger partial charge < -0.3 is 4.57 Å². The second-order valence-electron chi connectivity index (χ2n) is 4.66. The van der Waals surface area contributed by atoms with Crippen LogP contribution < -0.4 is 0 Å². The molecule has 0 amide bonds. The number of aryl methyl sites for hydroxylation is 2.